The lowest BCUT2D eigenvalue weighted by Crippen LogP contribution is -2.04. The van der Waals surface area contributed by atoms with Crippen molar-refractivity contribution in [3.8, 4) is 11.1 Å². The van der Waals surface area contributed by atoms with Crippen molar-refractivity contribution in [3.05, 3.63) is 59.8 Å². The van der Waals surface area contributed by atoms with Crippen LogP contribution in [0, 0.1) is 0 Å². The van der Waals surface area contributed by atoms with Crippen LogP contribution in [-0.4, -0.2) is 27.1 Å². The molecule has 116 valence electrons. The van der Waals surface area contributed by atoms with E-state index in [4.69, 9.17) is 5.11 Å². The molecule has 0 bridgehead atoms. The van der Waals surface area contributed by atoms with Crippen LogP contribution < -0.4 is 0 Å². The number of aromatic carboxylic acids is 1. The standard InChI is InChI=1S/C18H15NO4/c20-15(21)10-9-13-16-12(11-5-2-1-3-6-11)7-4-8-14(16)19-17(13)18(22)23/h1-8,19H,9-10H2,(H,20,21)(H,22,23). The number of nitrogens with one attached hydrogen (secondary N) is 1. The molecule has 2 aromatic carbocycles. The van der Waals surface area contributed by atoms with E-state index < -0.39 is 11.9 Å². The molecule has 0 amide bonds. The normalized spacial score (nSPS) is 10.8. The van der Waals surface area contributed by atoms with Gasteiger partial charge in [0.05, 0.1) is 0 Å². The van der Waals surface area contributed by atoms with E-state index in [1.807, 2.05) is 42.5 Å². The zero-order valence-electron chi connectivity index (χ0n) is 12.2. The second-order valence-corrected chi connectivity index (χ2v) is 5.27. The van der Waals surface area contributed by atoms with Gasteiger partial charge in [0.1, 0.15) is 5.69 Å². The summed E-state index contributed by atoms with van der Waals surface area (Å²) in [7, 11) is 0. The number of fused-ring (bicyclic) bond motifs is 1. The number of rotatable bonds is 5. The third kappa shape index (κ3) is 2.81. The lowest BCUT2D eigenvalue weighted by Gasteiger charge is -2.06. The first-order valence-electron chi connectivity index (χ1n) is 7.22. The van der Waals surface area contributed by atoms with E-state index in [1.165, 1.54) is 0 Å². The van der Waals surface area contributed by atoms with Crippen LogP contribution >= 0.6 is 0 Å². The van der Waals surface area contributed by atoms with Gasteiger partial charge in [-0.25, -0.2) is 4.79 Å². The van der Waals surface area contributed by atoms with Gasteiger partial charge in [-0.2, -0.15) is 0 Å². The topological polar surface area (TPSA) is 90.4 Å². The van der Waals surface area contributed by atoms with Gasteiger partial charge in [-0.15, -0.1) is 0 Å². The van der Waals surface area contributed by atoms with Gasteiger partial charge < -0.3 is 15.2 Å². The number of aromatic nitrogens is 1. The fourth-order valence-corrected chi connectivity index (χ4v) is 2.84. The highest BCUT2D eigenvalue weighted by atomic mass is 16.4. The second kappa shape index (κ2) is 5.96. The number of carboxylic acid groups (broad SMARTS) is 2. The average Bonchev–Trinajstić information content (AvgIpc) is 2.92. The predicted molar refractivity (Wildman–Crippen MR) is 86.7 cm³/mol. The van der Waals surface area contributed by atoms with Crippen LogP contribution in [0.5, 0.6) is 0 Å². The minimum atomic E-state index is -1.08. The molecule has 0 radical (unpaired) electrons. The third-order valence-corrected chi connectivity index (χ3v) is 3.82. The molecule has 3 rings (SSSR count). The molecule has 0 unspecified atom stereocenters. The highest BCUT2D eigenvalue weighted by molar-refractivity contribution is 6.04. The maximum absolute atomic E-state index is 11.5. The Morgan fingerprint density at radius 2 is 1.70 bits per heavy atom. The summed E-state index contributed by atoms with van der Waals surface area (Å²) in [6, 6.07) is 15.2. The van der Waals surface area contributed by atoms with Crippen molar-refractivity contribution >= 4 is 22.8 Å². The van der Waals surface area contributed by atoms with Gasteiger partial charge in [0, 0.05) is 17.3 Å². The third-order valence-electron chi connectivity index (χ3n) is 3.82. The molecule has 0 aliphatic heterocycles. The summed E-state index contributed by atoms with van der Waals surface area (Å²) in [5.74, 6) is -2.03. The summed E-state index contributed by atoms with van der Waals surface area (Å²) in [6.45, 7) is 0. The van der Waals surface area contributed by atoms with E-state index >= 15 is 0 Å². The SMILES string of the molecule is O=C(O)CCc1c(C(=O)O)[nH]c2cccc(-c3ccccc3)c12. The molecule has 0 saturated carbocycles. The lowest BCUT2D eigenvalue weighted by molar-refractivity contribution is -0.136. The van der Waals surface area contributed by atoms with Crippen LogP contribution in [0.3, 0.4) is 0 Å². The summed E-state index contributed by atoms with van der Waals surface area (Å²) >= 11 is 0. The quantitative estimate of drug-likeness (QED) is 0.672. The zero-order chi connectivity index (χ0) is 16.4. The number of hydrogen-bond donors (Lipinski definition) is 3. The van der Waals surface area contributed by atoms with Gasteiger partial charge >= 0.3 is 11.9 Å². The monoisotopic (exact) mass is 309 g/mol. The Kier molecular flexibility index (Phi) is 3.85. The van der Waals surface area contributed by atoms with Crippen LogP contribution in [0.15, 0.2) is 48.5 Å². The van der Waals surface area contributed by atoms with E-state index in [9.17, 15) is 14.7 Å². The Morgan fingerprint density at radius 3 is 2.35 bits per heavy atom. The van der Waals surface area contributed by atoms with Crippen molar-refractivity contribution in [2.24, 2.45) is 0 Å². The molecule has 0 spiro atoms. The molecule has 3 N–H and O–H groups in total. The molecule has 0 saturated heterocycles. The van der Waals surface area contributed by atoms with Crippen molar-refractivity contribution in [2.75, 3.05) is 0 Å². The van der Waals surface area contributed by atoms with Gasteiger partial charge in [0.25, 0.3) is 0 Å². The number of aliphatic carboxylic acids is 1. The van der Waals surface area contributed by atoms with Crippen molar-refractivity contribution < 1.29 is 19.8 Å². The van der Waals surface area contributed by atoms with Gasteiger partial charge in [0.2, 0.25) is 0 Å². The first-order valence-corrected chi connectivity index (χ1v) is 7.22. The molecule has 0 aliphatic carbocycles. The number of H-pyrrole nitrogens is 1. The Morgan fingerprint density at radius 1 is 0.957 bits per heavy atom. The molecule has 1 aromatic heterocycles. The van der Waals surface area contributed by atoms with E-state index in [0.29, 0.717) is 11.1 Å². The molecule has 23 heavy (non-hydrogen) atoms. The number of carboxylic acids is 2. The molecule has 0 atom stereocenters. The van der Waals surface area contributed by atoms with Gasteiger partial charge in [0.15, 0.2) is 0 Å². The number of carbonyl (C=O) groups is 2. The van der Waals surface area contributed by atoms with E-state index in [0.717, 1.165) is 16.5 Å². The Balaban J connectivity index is 2.26. The molecular formula is C18H15NO4. The minimum Gasteiger partial charge on any atom is -0.481 e. The van der Waals surface area contributed by atoms with Gasteiger partial charge in [-0.3, -0.25) is 4.79 Å². The van der Waals surface area contributed by atoms with Crippen LogP contribution in [0.1, 0.15) is 22.5 Å². The first kappa shape index (κ1) is 14.8. The Bertz CT molecular complexity index is 881. The van der Waals surface area contributed by atoms with Gasteiger partial charge in [-0.1, -0.05) is 42.5 Å². The Labute approximate surface area is 132 Å². The fourth-order valence-electron chi connectivity index (χ4n) is 2.84. The smallest absolute Gasteiger partial charge is 0.352 e. The highest BCUT2D eigenvalue weighted by Crippen LogP contribution is 2.33. The van der Waals surface area contributed by atoms with E-state index in [2.05, 4.69) is 4.98 Å². The van der Waals surface area contributed by atoms with Crippen LogP contribution in [0.4, 0.5) is 0 Å². The Hall–Kier alpha value is -3.08. The summed E-state index contributed by atoms with van der Waals surface area (Å²) in [4.78, 5) is 25.3. The van der Waals surface area contributed by atoms with Crippen molar-refractivity contribution in [1.29, 1.82) is 0 Å². The summed E-state index contributed by atoms with van der Waals surface area (Å²) in [5, 5.41) is 19.1. The molecule has 1 heterocycles. The molecular weight excluding hydrogens is 294 g/mol. The fraction of sp³-hybridized carbons (Fsp3) is 0.111. The van der Waals surface area contributed by atoms with E-state index in [1.54, 1.807) is 6.07 Å². The molecule has 0 fully saturated rings. The lowest BCUT2D eigenvalue weighted by atomic mass is 9.96. The van der Waals surface area contributed by atoms with Crippen molar-refractivity contribution in [3.63, 3.8) is 0 Å². The summed E-state index contributed by atoms with van der Waals surface area (Å²) in [6.07, 6.45) is 0.0527. The van der Waals surface area contributed by atoms with Gasteiger partial charge in [-0.05, 0) is 29.2 Å². The molecule has 5 heteroatoms. The molecule has 3 aromatic rings. The number of aromatic amines is 1. The zero-order valence-corrected chi connectivity index (χ0v) is 12.2. The number of benzene rings is 2. The van der Waals surface area contributed by atoms with Crippen LogP contribution in [0.2, 0.25) is 0 Å². The molecule has 5 nitrogen and oxygen atoms in total. The maximum Gasteiger partial charge on any atom is 0.352 e. The van der Waals surface area contributed by atoms with Crippen molar-refractivity contribution in [2.45, 2.75) is 12.8 Å². The van der Waals surface area contributed by atoms with Crippen molar-refractivity contribution in [1.82, 2.24) is 4.98 Å². The summed E-state index contributed by atoms with van der Waals surface area (Å²) in [5.41, 5.74) is 3.15. The first-order chi connectivity index (χ1) is 11.1. The average molecular weight is 309 g/mol. The highest BCUT2D eigenvalue weighted by Gasteiger charge is 2.20. The summed E-state index contributed by atoms with van der Waals surface area (Å²) < 4.78 is 0. The minimum absolute atomic E-state index is 0.0598. The largest absolute Gasteiger partial charge is 0.481 e. The van der Waals surface area contributed by atoms with Crippen LogP contribution in [-0.2, 0) is 11.2 Å². The predicted octanol–water partition coefficient (Wildman–Crippen LogP) is 3.55. The van der Waals surface area contributed by atoms with Crippen LogP contribution in [0.25, 0.3) is 22.0 Å². The number of hydrogen-bond acceptors (Lipinski definition) is 2. The van der Waals surface area contributed by atoms with E-state index in [-0.39, 0.29) is 18.5 Å². The second-order valence-electron chi connectivity index (χ2n) is 5.27. The maximum atomic E-state index is 11.5. The molecule has 0 aliphatic rings. The number of aryl methyl sites for hydroxylation is 1.